The molecule has 228 valence electrons. The molecule has 3 atom stereocenters. The molecule has 9 nitrogen and oxygen atoms in total. The van der Waals surface area contributed by atoms with Crippen molar-refractivity contribution in [2.45, 2.75) is 97.7 Å². The van der Waals surface area contributed by atoms with Crippen molar-refractivity contribution < 1.29 is 19.2 Å². The van der Waals surface area contributed by atoms with Gasteiger partial charge in [-0.1, -0.05) is 64.3 Å². The van der Waals surface area contributed by atoms with E-state index < -0.39 is 23.4 Å². The number of ketones is 1. The highest BCUT2D eigenvalue weighted by Gasteiger charge is 2.45. The average Bonchev–Trinajstić information content (AvgIpc) is 3.56. The van der Waals surface area contributed by atoms with Crippen LogP contribution in [0.15, 0.2) is 29.8 Å². The van der Waals surface area contributed by atoms with E-state index in [4.69, 9.17) is 5.73 Å². The van der Waals surface area contributed by atoms with Crippen LogP contribution >= 0.6 is 11.3 Å². The van der Waals surface area contributed by atoms with Crippen LogP contribution in [0.2, 0.25) is 0 Å². The number of rotatable bonds is 9. The summed E-state index contributed by atoms with van der Waals surface area (Å²) < 4.78 is 0. The van der Waals surface area contributed by atoms with Gasteiger partial charge in [-0.25, -0.2) is 4.98 Å². The molecule has 0 spiro atoms. The van der Waals surface area contributed by atoms with Gasteiger partial charge in [-0.05, 0) is 55.2 Å². The van der Waals surface area contributed by atoms with Crippen molar-refractivity contribution in [2.75, 3.05) is 13.1 Å². The van der Waals surface area contributed by atoms with Gasteiger partial charge in [0, 0.05) is 12.8 Å². The summed E-state index contributed by atoms with van der Waals surface area (Å²) in [7, 11) is 0. The van der Waals surface area contributed by atoms with Crippen molar-refractivity contribution in [2.24, 2.45) is 16.6 Å². The highest BCUT2D eigenvalue weighted by atomic mass is 32.1. The van der Waals surface area contributed by atoms with E-state index >= 15 is 0 Å². The van der Waals surface area contributed by atoms with E-state index in [0.717, 1.165) is 53.8 Å². The van der Waals surface area contributed by atoms with Crippen LogP contribution in [0.4, 0.5) is 0 Å². The van der Waals surface area contributed by atoms with Crippen LogP contribution in [0.25, 0.3) is 10.4 Å². The molecule has 4 rings (SSSR count). The maximum absolute atomic E-state index is 13.9. The molecule has 42 heavy (non-hydrogen) atoms. The van der Waals surface area contributed by atoms with E-state index in [0.29, 0.717) is 6.54 Å². The zero-order valence-electron chi connectivity index (χ0n) is 25.5. The van der Waals surface area contributed by atoms with Gasteiger partial charge in [0.25, 0.3) is 0 Å². The second-order valence-electron chi connectivity index (χ2n) is 13.2. The van der Waals surface area contributed by atoms with Crippen LogP contribution in [0, 0.1) is 17.8 Å². The Hall–Kier alpha value is -3.11. The molecular weight excluding hydrogens is 550 g/mol. The lowest BCUT2D eigenvalue weighted by Gasteiger charge is -2.38. The number of nitrogens with two attached hydrogens (primary N) is 1. The normalized spacial score (nSPS) is 20.2. The lowest BCUT2D eigenvalue weighted by molar-refractivity contribution is -0.144. The number of nitrogens with one attached hydrogen (secondary N) is 2. The number of nitrogens with zero attached hydrogens (tertiary/aromatic N) is 2. The maximum atomic E-state index is 13.9. The number of aromatic nitrogens is 1. The Kier molecular flexibility index (Phi) is 9.88. The van der Waals surface area contributed by atoms with Gasteiger partial charge in [0.05, 0.1) is 28.7 Å². The molecule has 1 aliphatic carbocycles. The fourth-order valence-corrected chi connectivity index (χ4v) is 6.98. The number of thiazole rings is 1. The number of carbonyl (C=O) groups excluding carboxylic acids is 4. The first kappa shape index (κ1) is 31.8. The second-order valence-corrected chi connectivity index (χ2v) is 14.0. The van der Waals surface area contributed by atoms with Crippen LogP contribution in [-0.4, -0.2) is 58.6 Å². The van der Waals surface area contributed by atoms with Gasteiger partial charge in [0.2, 0.25) is 17.7 Å². The number of aryl methyl sites for hydroxylation is 1. The molecule has 0 unspecified atom stereocenters. The zero-order chi connectivity index (χ0) is 30.7. The zero-order valence-corrected chi connectivity index (χ0v) is 26.3. The summed E-state index contributed by atoms with van der Waals surface area (Å²) in [6, 6.07) is 5.80. The topological polar surface area (TPSA) is 134 Å². The number of amides is 3. The SMILES string of the molecule is Cc1ncsc1-c1ccc([C@H](C)NC(=O)[C@@H]2CC(=O)CN2C(=O)[C@@H](NC(=O)CC2(CN)CCCCC2)C(C)(C)C)cc1. The lowest BCUT2D eigenvalue weighted by atomic mass is 9.71. The summed E-state index contributed by atoms with van der Waals surface area (Å²) in [5.41, 5.74) is 10.00. The first-order valence-electron chi connectivity index (χ1n) is 15.0. The number of hydrogen-bond acceptors (Lipinski definition) is 7. The highest BCUT2D eigenvalue weighted by Crippen LogP contribution is 2.38. The van der Waals surface area contributed by atoms with Crippen LogP contribution < -0.4 is 16.4 Å². The van der Waals surface area contributed by atoms with Gasteiger partial charge < -0.3 is 21.3 Å². The quantitative estimate of drug-likeness (QED) is 0.396. The Balaban J connectivity index is 1.44. The summed E-state index contributed by atoms with van der Waals surface area (Å²) in [5.74, 6) is -1.19. The van der Waals surface area contributed by atoms with Crippen LogP contribution in [0.5, 0.6) is 0 Å². The highest BCUT2D eigenvalue weighted by molar-refractivity contribution is 7.13. The van der Waals surface area contributed by atoms with E-state index in [1.54, 1.807) is 11.3 Å². The molecule has 1 saturated heterocycles. The molecule has 1 saturated carbocycles. The molecule has 4 N–H and O–H groups in total. The Morgan fingerprint density at radius 2 is 1.79 bits per heavy atom. The number of benzene rings is 1. The summed E-state index contributed by atoms with van der Waals surface area (Å²) in [6.45, 7) is 9.77. The number of carbonyl (C=O) groups is 4. The van der Waals surface area contributed by atoms with Crippen LogP contribution in [0.1, 0.15) is 89.9 Å². The van der Waals surface area contributed by atoms with Crippen LogP contribution in [-0.2, 0) is 19.2 Å². The minimum Gasteiger partial charge on any atom is -0.348 e. The van der Waals surface area contributed by atoms with E-state index in [2.05, 4.69) is 15.6 Å². The van der Waals surface area contributed by atoms with E-state index in [1.165, 1.54) is 4.90 Å². The third-order valence-electron chi connectivity index (χ3n) is 8.81. The number of likely N-dealkylation sites (tertiary alicyclic amines) is 1. The Bertz CT molecular complexity index is 1290. The maximum Gasteiger partial charge on any atom is 0.246 e. The van der Waals surface area contributed by atoms with Crippen molar-refractivity contribution in [3.05, 3.63) is 41.0 Å². The Morgan fingerprint density at radius 3 is 2.36 bits per heavy atom. The molecule has 0 bridgehead atoms. The molecule has 0 radical (unpaired) electrons. The van der Waals surface area contributed by atoms with Gasteiger partial charge in [-0.3, -0.25) is 19.2 Å². The predicted molar refractivity (Wildman–Crippen MR) is 165 cm³/mol. The van der Waals surface area contributed by atoms with E-state index in [1.807, 2.05) is 64.4 Å². The van der Waals surface area contributed by atoms with Gasteiger partial charge in [-0.2, -0.15) is 0 Å². The van der Waals surface area contributed by atoms with Gasteiger partial charge >= 0.3 is 0 Å². The largest absolute Gasteiger partial charge is 0.348 e. The fourth-order valence-electron chi connectivity index (χ4n) is 6.17. The van der Waals surface area contributed by atoms with Crippen molar-refractivity contribution in [3.63, 3.8) is 0 Å². The number of hydrogen-bond donors (Lipinski definition) is 3. The van der Waals surface area contributed by atoms with E-state index in [9.17, 15) is 19.2 Å². The molecule has 3 amide bonds. The molecule has 1 aliphatic heterocycles. The molecule has 10 heteroatoms. The standard InChI is InChI=1S/C32H45N5O4S/c1-20(22-9-11-23(12-10-22)27-21(2)34-19-42-27)35-29(40)25-15-24(38)17-37(25)30(41)28(31(3,4)5)36-26(39)16-32(18-33)13-7-6-8-14-32/h9-12,19-20,25,28H,6-8,13-18,33H2,1-5H3,(H,35,40)(H,36,39)/t20-,25-,28+/m0/s1. The lowest BCUT2D eigenvalue weighted by Crippen LogP contribution is -2.58. The van der Waals surface area contributed by atoms with E-state index in [-0.39, 0.29) is 48.4 Å². The summed E-state index contributed by atoms with van der Waals surface area (Å²) in [6.07, 6.45) is 5.27. The average molecular weight is 596 g/mol. The molecule has 1 aromatic carbocycles. The molecule has 2 fully saturated rings. The molecule has 2 heterocycles. The minimum atomic E-state index is -0.929. The first-order chi connectivity index (χ1) is 19.8. The molecule has 1 aromatic heterocycles. The van der Waals surface area contributed by atoms with Crippen molar-refractivity contribution in [1.82, 2.24) is 20.5 Å². The minimum absolute atomic E-state index is 0.0466. The van der Waals surface area contributed by atoms with Gasteiger partial charge in [0.15, 0.2) is 5.78 Å². The van der Waals surface area contributed by atoms with Crippen LogP contribution in [0.3, 0.4) is 0 Å². The Labute approximate surface area is 253 Å². The predicted octanol–water partition coefficient (Wildman–Crippen LogP) is 4.30. The van der Waals surface area contributed by atoms with Gasteiger partial charge in [-0.15, -0.1) is 11.3 Å². The van der Waals surface area contributed by atoms with Crippen molar-refractivity contribution >= 4 is 34.8 Å². The van der Waals surface area contributed by atoms with Gasteiger partial charge in [0.1, 0.15) is 12.1 Å². The first-order valence-corrected chi connectivity index (χ1v) is 15.8. The van der Waals surface area contributed by atoms with Crippen molar-refractivity contribution in [1.29, 1.82) is 0 Å². The summed E-state index contributed by atoms with van der Waals surface area (Å²) >= 11 is 1.58. The fraction of sp³-hybridized carbons (Fsp3) is 0.594. The molecular formula is C32H45N5O4S. The molecule has 2 aromatic rings. The summed E-state index contributed by atoms with van der Waals surface area (Å²) in [4.78, 5) is 60.0. The van der Waals surface area contributed by atoms with Crippen molar-refractivity contribution in [3.8, 4) is 10.4 Å². The second kappa shape index (κ2) is 13.0. The third kappa shape index (κ3) is 7.26. The molecule has 2 aliphatic rings. The summed E-state index contributed by atoms with van der Waals surface area (Å²) in [5, 5.41) is 5.97. The smallest absolute Gasteiger partial charge is 0.246 e. The monoisotopic (exact) mass is 595 g/mol. The third-order valence-corrected chi connectivity index (χ3v) is 9.79. The Morgan fingerprint density at radius 1 is 1.12 bits per heavy atom. The number of Topliss-reactive ketones (excluding diaryl/α,β-unsaturated/α-hetero) is 1.